The second-order valence-corrected chi connectivity index (χ2v) is 8.81. The summed E-state index contributed by atoms with van der Waals surface area (Å²) < 4.78 is 0.853. The first-order valence-corrected chi connectivity index (χ1v) is 11.1. The molecule has 8 heteroatoms. The maximum Gasteiger partial charge on any atom is 0.231 e. The lowest BCUT2D eigenvalue weighted by atomic mass is 10.1. The number of rotatable bonds is 4. The van der Waals surface area contributed by atoms with Gasteiger partial charge in [-0.1, -0.05) is 47.7 Å². The second kappa shape index (κ2) is 8.05. The van der Waals surface area contributed by atoms with E-state index in [1.54, 1.807) is 17.0 Å². The van der Waals surface area contributed by atoms with Gasteiger partial charge in [0.25, 0.3) is 0 Å². The Morgan fingerprint density at radius 2 is 1.88 bits per heavy atom. The van der Waals surface area contributed by atoms with Crippen molar-refractivity contribution in [3.05, 3.63) is 60.7 Å². The van der Waals surface area contributed by atoms with Crippen molar-refractivity contribution in [3.8, 4) is 0 Å². The minimum atomic E-state index is -0.455. The van der Waals surface area contributed by atoms with E-state index in [1.165, 1.54) is 18.3 Å². The molecule has 3 aromatic carbocycles. The van der Waals surface area contributed by atoms with Crippen molar-refractivity contribution >= 4 is 66.6 Å². The highest BCUT2D eigenvalue weighted by molar-refractivity contribution is 7.22. The van der Waals surface area contributed by atoms with Crippen LogP contribution in [-0.2, 0) is 14.4 Å². The number of thiazole rings is 1. The Kier molecular flexibility index (Phi) is 5.07. The number of anilines is 3. The van der Waals surface area contributed by atoms with E-state index < -0.39 is 5.92 Å². The summed E-state index contributed by atoms with van der Waals surface area (Å²) in [6.45, 7) is 1.78. The van der Waals surface area contributed by atoms with Gasteiger partial charge in [-0.05, 0) is 29.7 Å². The van der Waals surface area contributed by atoms with Crippen molar-refractivity contribution in [2.24, 2.45) is 5.92 Å². The molecule has 7 nitrogen and oxygen atoms in total. The predicted octanol–water partition coefficient (Wildman–Crippen LogP) is 4.40. The summed E-state index contributed by atoms with van der Waals surface area (Å²) in [5, 5.41) is 8.12. The standard InChI is InChI=1S/C24H20N4O3S/c1-14(29)25-17-9-10-19-21(12-17)32-24(26-19)27-23(31)16-11-22(30)28(13-16)20-8-4-6-15-5-2-3-7-18(15)20/h2-10,12,16H,11,13H2,1H3,(H,25,29)(H,26,27,31). The summed E-state index contributed by atoms with van der Waals surface area (Å²) in [7, 11) is 0. The van der Waals surface area contributed by atoms with Gasteiger partial charge in [0.15, 0.2) is 5.13 Å². The van der Waals surface area contributed by atoms with Crippen LogP contribution in [0.25, 0.3) is 21.0 Å². The molecule has 32 heavy (non-hydrogen) atoms. The van der Waals surface area contributed by atoms with Crippen molar-refractivity contribution in [3.63, 3.8) is 0 Å². The molecule has 0 aliphatic carbocycles. The highest BCUT2D eigenvalue weighted by Crippen LogP contribution is 2.33. The lowest BCUT2D eigenvalue weighted by Gasteiger charge is -2.18. The Labute approximate surface area is 188 Å². The fourth-order valence-corrected chi connectivity index (χ4v) is 4.93. The molecule has 0 bridgehead atoms. The number of nitrogens with one attached hydrogen (secondary N) is 2. The largest absolute Gasteiger partial charge is 0.326 e. The van der Waals surface area contributed by atoms with Gasteiger partial charge >= 0.3 is 0 Å². The van der Waals surface area contributed by atoms with Gasteiger partial charge in [-0.2, -0.15) is 0 Å². The highest BCUT2D eigenvalue weighted by atomic mass is 32.1. The summed E-state index contributed by atoms with van der Waals surface area (Å²) in [5.74, 6) is -0.888. The smallest absolute Gasteiger partial charge is 0.231 e. The number of amides is 3. The Morgan fingerprint density at radius 3 is 2.72 bits per heavy atom. The summed E-state index contributed by atoms with van der Waals surface area (Å²) in [4.78, 5) is 43.1. The van der Waals surface area contributed by atoms with E-state index in [9.17, 15) is 14.4 Å². The minimum absolute atomic E-state index is 0.0641. The molecule has 5 rings (SSSR count). The van der Waals surface area contributed by atoms with Crippen LogP contribution < -0.4 is 15.5 Å². The van der Waals surface area contributed by atoms with Gasteiger partial charge in [-0.3, -0.25) is 14.4 Å². The Hall–Kier alpha value is -3.78. The lowest BCUT2D eigenvalue weighted by Crippen LogP contribution is -2.28. The number of fused-ring (bicyclic) bond motifs is 2. The van der Waals surface area contributed by atoms with Crippen molar-refractivity contribution < 1.29 is 14.4 Å². The molecule has 1 aliphatic heterocycles. The van der Waals surface area contributed by atoms with Gasteiger partial charge in [-0.15, -0.1) is 0 Å². The van der Waals surface area contributed by atoms with Crippen LogP contribution in [0, 0.1) is 5.92 Å². The van der Waals surface area contributed by atoms with Crippen molar-refractivity contribution in [2.75, 3.05) is 22.1 Å². The Bertz CT molecular complexity index is 1370. The third-order valence-corrected chi connectivity index (χ3v) is 6.43. The molecule has 1 atom stereocenters. The SMILES string of the molecule is CC(=O)Nc1ccc2nc(NC(=O)C3CC(=O)N(c4cccc5ccccc45)C3)sc2c1. The molecule has 1 saturated heterocycles. The van der Waals surface area contributed by atoms with Crippen LogP contribution in [0.2, 0.25) is 0 Å². The molecule has 0 radical (unpaired) electrons. The van der Waals surface area contributed by atoms with Gasteiger partial charge in [0.2, 0.25) is 17.7 Å². The van der Waals surface area contributed by atoms with Crippen LogP contribution >= 0.6 is 11.3 Å². The maximum absolute atomic E-state index is 12.9. The highest BCUT2D eigenvalue weighted by Gasteiger charge is 2.36. The predicted molar refractivity (Wildman–Crippen MR) is 127 cm³/mol. The summed E-state index contributed by atoms with van der Waals surface area (Å²) >= 11 is 1.33. The second-order valence-electron chi connectivity index (χ2n) is 7.78. The summed E-state index contributed by atoms with van der Waals surface area (Å²) in [6.07, 6.45) is 0.159. The molecule has 4 aromatic rings. The first kappa shape index (κ1) is 20.1. The molecule has 1 fully saturated rings. The number of hydrogen-bond acceptors (Lipinski definition) is 5. The zero-order valence-electron chi connectivity index (χ0n) is 17.3. The first-order valence-electron chi connectivity index (χ1n) is 10.2. The van der Waals surface area contributed by atoms with E-state index in [-0.39, 0.29) is 24.1 Å². The molecule has 1 aromatic heterocycles. The van der Waals surface area contributed by atoms with E-state index in [4.69, 9.17) is 0 Å². The average Bonchev–Trinajstić information content (AvgIpc) is 3.35. The zero-order valence-corrected chi connectivity index (χ0v) is 18.1. The van der Waals surface area contributed by atoms with E-state index in [0.29, 0.717) is 17.4 Å². The van der Waals surface area contributed by atoms with Crippen LogP contribution in [0.15, 0.2) is 60.7 Å². The lowest BCUT2D eigenvalue weighted by molar-refractivity contribution is -0.122. The first-order chi connectivity index (χ1) is 15.5. The molecule has 3 amide bonds. The molecule has 1 aliphatic rings. The third kappa shape index (κ3) is 3.80. The number of hydrogen-bond donors (Lipinski definition) is 2. The van der Waals surface area contributed by atoms with Crippen LogP contribution in [-0.4, -0.2) is 29.3 Å². The quantitative estimate of drug-likeness (QED) is 0.488. The number of carbonyl (C=O) groups excluding carboxylic acids is 3. The fourth-order valence-electron chi connectivity index (χ4n) is 4.03. The van der Waals surface area contributed by atoms with Gasteiger partial charge in [0.05, 0.1) is 21.8 Å². The van der Waals surface area contributed by atoms with Gasteiger partial charge in [-0.25, -0.2) is 4.98 Å². The summed E-state index contributed by atoms with van der Waals surface area (Å²) in [5.41, 5.74) is 2.24. The minimum Gasteiger partial charge on any atom is -0.326 e. The fraction of sp³-hybridized carbons (Fsp3) is 0.167. The van der Waals surface area contributed by atoms with Crippen molar-refractivity contribution in [2.45, 2.75) is 13.3 Å². The van der Waals surface area contributed by atoms with E-state index in [1.807, 2.05) is 48.5 Å². The molecular weight excluding hydrogens is 424 g/mol. The topological polar surface area (TPSA) is 91.4 Å². The Balaban J connectivity index is 1.33. The van der Waals surface area contributed by atoms with Crippen LogP contribution in [0.1, 0.15) is 13.3 Å². The molecule has 0 saturated carbocycles. The molecule has 160 valence electrons. The number of nitrogens with zero attached hydrogens (tertiary/aromatic N) is 2. The molecule has 2 heterocycles. The van der Waals surface area contributed by atoms with Crippen molar-refractivity contribution in [1.82, 2.24) is 4.98 Å². The molecular formula is C24H20N4O3S. The number of carbonyl (C=O) groups is 3. The Morgan fingerprint density at radius 1 is 1.06 bits per heavy atom. The number of benzene rings is 3. The zero-order chi connectivity index (χ0) is 22.2. The third-order valence-electron chi connectivity index (χ3n) is 5.49. The summed E-state index contributed by atoms with van der Waals surface area (Å²) in [6, 6.07) is 19.2. The van der Waals surface area contributed by atoms with Gasteiger partial charge < -0.3 is 15.5 Å². The monoisotopic (exact) mass is 444 g/mol. The normalized spacial score (nSPS) is 16.0. The van der Waals surface area contributed by atoms with Crippen molar-refractivity contribution in [1.29, 1.82) is 0 Å². The maximum atomic E-state index is 12.9. The van der Waals surface area contributed by atoms with Gasteiger partial charge in [0, 0.05) is 31.0 Å². The van der Waals surface area contributed by atoms with E-state index >= 15 is 0 Å². The van der Waals surface area contributed by atoms with E-state index in [0.717, 1.165) is 26.7 Å². The van der Waals surface area contributed by atoms with E-state index in [2.05, 4.69) is 15.6 Å². The molecule has 1 unspecified atom stereocenters. The van der Waals surface area contributed by atoms with Crippen LogP contribution in [0.5, 0.6) is 0 Å². The van der Waals surface area contributed by atoms with Crippen LogP contribution in [0.3, 0.4) is 0 Å². The average molecular weight is 445 g/mol. The molecule has 0 spiro atoms. The van der Waals surface area contributed by atoms with Crippen LogP contribution in [0.4, 0.5) is 16.5 Å². The number of aromatic nitrogens is 1. The molecule has 2 N–H and O–H groups in total. The van der Waals surface area contributed by atoms with Gasteiger partial charge in [0.1, 0.15) is 0 Å².